The Labute approximate surface area is 117 Å². The number of rotatable bonds is 2. The van der Waals surface area contributed by atoms with E-state index in [1.807, 2.05) is 6.92 Å². The molecular formula is C15H20O5. The van der Waals surface area contributed by atoms with Crippen molar-refractivity contribution in [1.29, 1.82) is 0 Å². The molecule has 110 valence electrons. The summed E-state index contributed by atoms with van der Waals surface area (Å²) in [6.07, 6.45) is 2.44. The molecule has 4 rings (SSSR count). The van der Waals surface area contributed by atoms with Gasteiger partial charge in [0.25, 0.3) is 0 Å². The zero-order chi connectivity index (χ0) is 14.3. The molecule has 20 heavy (non-hydrogen) atoms. The van der Waals surface area contributed by atoms with Crippen LogP contribution in [0, 0.1) is 11.3 Å². The summed E-state index contributed by atoms with van der Waals surface area (Å²) in [5.74, 6) is -0.0536. The van der Waals surface area contributed by atoms with E-state index in [9.17, 15) is 15.0 Å². The van der Waals surface area contributed by atoms with E-state index < -0.39 is 11.2 Å². The molecule has 2 N–H and O–H groups in total. The molecule has 4 aliphatic rings. The number of carbonyl (C=O) groups excluding carboxylic acids is 1. The van der Waals surface area contributed by atoms with Crippen LogP contribution in [0.1, 0.15) is 26.7 Å². The second-order valence-electron chi connectivity index (χ2n) is 6.89. The lowest BCUT2D eigenvalue weighted by atomic mass is 9.56. The molecule has 2 aliphatic heterocycles. The van der Waals surface area contributed by atoms with E-state index in [0.29, 0.717) is 13.0 Å². The SMILES string of the molecule is CC1C(O)CCC2=CC(=O)C3(C4(CO)CO4)OC3C21C. The fraction of sp³-hybridized carbons (Fsp3) is 0.800. The molecular weight excluding hydrogens is 260 g/mol. The van der Waals surface area contributed by atoms with Crippen molar-refractivity contribution in [1.82, 2.24) is 0 Å². The minimum atomic E-state index is -1.02. The minimum absolute atomic E-state index is 0.0250. The maximum absolute atomic E-state index is 12.5. The molecule has 3 fully saturated rings. The maximum atomic E-state index is 12.5. The molecule has 0 spiro atoms. The van der Waals surface area contributed by atoms with E-state index in [1.54, 1.807) is 6.08 Å². The molecule has 6 unspecified atom stereocenters. The van der Waals surface area contributed by atoms with E-state index in [4.69, 9.17) is 9.47 Å². The predicted octanol–water partition coefficient (Wildman–Crippen LogP) is 0.192. The van der Waals surface area contributed by atoms with Crippen LogP contribution in [0.15, 0.2) is 11.6 Å². The number of hydrogen-bond donors (Lipinski definition) is 2. The van der Waals surface area contributed by atoms with Crippen LogP contribution < -0.4 is 0 Å². The molecule has 0 aromatic carbocycles. The summed E-state index contributed by atoms with van der Waals surface area (Å²) in [6.45, 7) is 4.24. The Kier molecular flexibility index (Phi) is 2.28. The van der Waals surface area contributed by atoms with Crippen LogP contribution >= 0.6 is 0 Å². The van der Waals surface area contributed by atoms with Crippen LogP contribution in [0.5, 0.6) is 0 Å². The number of carbonyl (C=O) groups is 1. The zero-order valence-corrected chi connectivity index (χ0v) is 11.8. The van der Waals surface area contributed by atoms with Gasteiger partial charge in [-0.05, 0) is 24.8 Å². The molecule has 0 bridgehead atoms. The van der Waals surface area contributed by atoms with Gasteiger partial charge in [0.05, 0.1) is 19.3 Å². The third kappa shape index (κ3) is 1.18. The van der Waals surface area contributed by atoms with Gasteiger partial charge in [-0.1, -0.05) is 19.4 Å². The fourth-order valence-corrected chi connectivity index (χ4v) is 4.38. The van der Waals surface area contributed by atoms with Gasteiger partial charge in [-0.15, -0.1) is 0 Å². The molecule has 6 atom stereocenters. The molecule has 0 aromatic heterocycles. The largest absolute Gasteiger partial charge is 0.393 e. The molecule has 2 aliphatic carbocycles. The summed E-state index contributed by atoms with van der Waals surface area (Å²) in [4.78, 5) is 12.5. The molecule has 0 amide bonds. The number of ketones is 1. The number of aliphatic hydroxyl groups is 2. The van der Waals surface area contributed by atoms with Gasteiger partial charge in [0, 0.05) is 5.41 Å². The quantitative estimate of drug-likeness (QED) is 0.706. The number of epoxide rings is 2. The highest BCUT2D eigenvalue weighted by Crippen LogP contribution is 2.67. The van der Waals surface area contributed by atoms with E-state index in [2.05, 4.69) is 6.92 Å². The number of aliphatic hydroxyl groups excluding tert-OH is 2. The summed E-state index contributed by atoms with van der Waals surface area (Å²) in [6, 6.07) is 0. The van der Waals surface area contributed by atoms with Gasteiger partial charge in [-0.2, -0.15) is 0 Å². The molecule has 2 saturated heterocycles. The van der Waals surface area contributed by atoms with Crippen molar-refractivity contribution in [2.75, 3.05) is 13.2 Å². The standard InChI is InChI=1S/C15H20O5/c1-8-10(17)4-3-9-5-11(18)15(14(6-16)7-19-14)12(20-15)13(8,9)2/h5,8,10,12,16-17H,3-4,6-7H2,1-2H3. The predicted molar refractivity (Wildman–Crippen MR) is 69.0 cm³/mol. The van der Waals surface area contributed by atoms with Crippen molar-refractivity contribution >= 4 is 5.78 Å². The van der Waals surface area contributed by atoms with Crippen molar-refractivity contribution < 1.29 is 24.5 Å². The highest BCUT2D eigenvalue weighted by atomic mass is 16.7. The molecule has 0 aromatic rings. The van der Waals surface area contributed by atoms with Crippen LogP contribution in [-0.2, 0) is 14.3 Å². The van der Waals surface area contributed by atoms with Crippen molar-refractivity contribution in [3.63, 3.8) is 0 Å². The Morgan fingerprint density at radius 3 is 2.80 bits per heavy atom. The van der Waals surface area contributed by atoms with Gasteiger partial charge in [0.1, 0.15) is 6.10 Å². The number of fused-ring (bicyclic) bond motifs is 3. The monoisotopic (exact) mass is 280 g/mol. The lowest BCUT2D eigenvalue weighted by Gasteiger charge is -2.46. The van der Waals surface area contributed by atoms with Gasteiger partial charge >= 0.3 is 0 Å². The first-order valence-electron chi connectivity index (χ1n) is 7.28. The topological polar surface area (TPSA) is 82.6 Å². The third-order valence-electron chi connectivity index (χ3n) is 6.18. The highest BCUT2D eigenvalue weighted by molar-refractivity contribution is 6.03. The summed E-state index contributed by atoms with van der Waals surface area (Å²) < 4.78 is 11.3. The normalized spacial score (nSPS) is 56.7. The van der Waals surface area contributed by atoms with E-state index in [-0.39, 0.29) is 35.9 Å². The number of ether oxygens (including phenoxy) is 2. The Hall–Kier alpha value is -0.750. The Morgan fingerprint density at radius 2 is 2.20 bits per heavy atom. The van der Waals surface area contributed by atoms with Gasteiger partial charge in [-0.25, -0.2) is 0 Å². The van der Waals surface area contributed by atoms with Crippen molar-refractivity contribution in [2.24, 2.45) is 11.3 Å². The Balaban J connectivity index is 1.81. The van der Waals surface area contributed by atoms with E-state index in [1.165, 1.54) is 0 Å². The van der Waals surface area contributed by atoms with Crippen LogP contribution in [0.3, 0.4) is 0 Å². The fourth-order valence-electron chi connectivity index (χ4n) is 4.38. The summed E-state index contributed by atoms with van der Waals surface area (Å²) in [5, 5.41) is 19.8. The lowest BCUT2D eigenvalue weighted by Crippen LogP contribution is -2.55. The molecule has 1 saturated carbocycles. The maximum Gasteiger partial charge on any atom is 0.193 e. The van der Waals surface area contributed by atoms with Crippen molar-refractivity contribution in [2.45, 2.75) is 50.1 Å². The van der Waals surface area contributed by atoms with Gasteiger partial charge < -0.3 is 19.7 Å². The minimum Gasteiger partial charge on any atom is -0.393 e. The zero-order valence-electron chi connectivity index (χ0n) is 11.8. The van der Waals surface area contributed by atoms with E-state index >= 15 is 0 Å². The van der Waals surface area contributed by atoms with Gasteiger partial charge in [-0.3, -0.25) is 4.79 Å². The first-order chi connectivity index (χ1) is 9.42. The second-order valence-corrected chi connectivity index (χ2v) is 6.89. The summed E-state index contributed by atoms with van der Waals surface area (Å²) in [7, 11) is 0. The average Bonchev–Trinajstić information content (AvgIpc) is 3.29. The van der Waals surface area contributed by atoms with Crippen LogP contribution in [0.2, 0.25) is 0 Å². The number of hydrogen-bond acceptors (Lipinski definition) is 5. The van der Waals surface area contributed by atoms with Crippen molar-refractivity contribution in [3.8, 4) is 0 Å². The molecule has 5 nitrogen and oxygen atoms in total. The molecule has 0 radical (unpaired) electrons. The van der Waals surface area contributed by atoms with Crippen LogP contribution in [0.4, 0.5) is 0 Å². The lowest BCUT2D eigenvalue weighted by molar-refractivity contribution is -0.123. The average molecular weight is 280 g/mol. The third-order valence-corrected chi connectivity index (χ3v) is 6.18. The Bertz CT molecular complexity index is 522. The first kappa shape index (κ1) is 13.0. The van der Waals surface area contributed by atoms with Gasteiger partial charge in [0.15, 0.2) is 17.0 Å². The van der Waals surface area contributed by atoms with E-state index in [0.717, 1.165) is 12.0 Å². The molecule has 5 heteroatoms. The van der Waals surface area contributed by atoms with Crippen LogP contribution in [-0.4, -0.2) is 52.6 Å². The smallest absolute Gasteiger partial charge is 0.193 e. The first-order valence-corrected chi connectivity index (χ1v) is 7.28. The second kappa shape index (κ2) is 3.53. The summed E-state index contributed by atoms with van der Waals surface area (Å²) in [5.41, 5.74) is -1.15. The summed E-state index contributed by atoms with van der Waals surface area (Å²) >= 11 is 0. The van der Waals surface area contributed by atoms with Gasteiger partial charge in [0.2, 0.25) is 0 Å². The Morgan fingerprint density at radius 1 is 1.50 bits per heavy atom. The highest BCUT2D eigenvalue weighted by Gasteiger charge is 2.84. The molecule has 2 heterocycles. The van der Waals surface area contributed by atoms with Crippen molar-refractivity contribution in [3.05, 3.63) is 11.6 Å². The van der Waals surface area contributed by atoms with Crippen LogP contribution in [0.25, 0.3) is 0 Å².